The smallest absolute Gasteiger partial charge is 0.311 e. The van der Waals surface area contributed by atoms with Crippen LogP contribution in [0.25, 0.3) is 22.4 Å². The summed E-state index contributed by atoms with van der Waals surface area (Å²) in [7, 11) is 1.38. The summed E-state index contributed by atoms with van der Waals surface area (Å²) in [5.74, 6) is 0.687. The van der Waals surface area contributed by atoms with E-state index in [2.05, 4.69) is 16.0 Å². The lowest BCUT2D eigenvalue weighted by Gasteiger charge is -2.02. The molecule has 0 aliphatic carbocycles. The maximum Gasteiger partial charge on any atom is 0.311 e. The molecule has 0 bridgehead atoms. The number of benzene rings is 2. The van der Waals surface area contributed by atoms with Gasteiger partial charge in [0.25, 0.3) is 0 Å². The van der Waals surface area contributed by atoms with E-state index < -0.39 is 4.92 Å². The zero-order valence-corrected chi connectivity index (χ0v) is 11.5. The van der Waals surface area contributed by atoms with Gasteiger partial charge in [0.15, 0.2) is 5.75 Å². The summed E-state index contributed by atoms with van der Waals surface area (Å²) < 4.78 is 4.98. The lowest BCUT2D eigenvalue weighted by Crippen LogP contribution is -1.94. The minimum absolute atomic E-state index is 0.127. The maximum atomic E-state index is 11.1. The third kappa shape index (κ3) is 2.23. The minimum atomic E-state index is -0.501. The molecule has 0 saturated heterocycles. The van der Waals surface area contributed by atoms with Crippen LogP contribution in [0.2, 0.25) is 0 Å². The maximum absolute atomic E-state index is 11.1. The molecule has 0 saturated carbocycles. The predicted molar refractivity (Wildman–Crippen MR) is 79.5 cm³/mol. The normalized spacial score (nSPS) is 10.4. The molecule has 0 unspecified atom stereocenters. The van der Waals surface area contributed by atoms with Crippen molar-refractivity contribution >= 4 is 16.7 Å². The second-order valence-electron chi connectivity index (χ2n) is 4.57. The molecule has 3 aromatic rings. The summed E-state index contributed by atoms with van der Waals surface area (Å²) in [6, 6.07) is 11.8. The average Bonchev–Trinajstić information content (AvgIpc) is 2.96. The molecule has 0 fully saturated rings. The molecule has 108 valence electrons. The van der Waals surface area contributed by atoms with Crippen molar-refractivity contribution in [3.63, 3.8) is 0 Å². The Morgan fingerprint density at radius 3 is 2.82 bits per heavy atom. The largest absolute Gasteiger partial charge is 0.490 e. The molecular formula is C15H10N4O3. The van der Waals surface area contributed by atoms with Crippen LogP contribution in [0.1, 0.15) is 5.56 Å². The summed E-state index contributed by atoms with van der Waals surface area (Å²) in [4.78, 5) is 18.0. The molecule has 7 heteroatoms. The monoisotopic (exact) mass is 294 g/mol. The second-order valence-corrected chi connectivity index (χ2v) is 4.57. The number of ether oxygens (including phenoxy) is 1. The topological polar surface area (TPSA) is 105 Å². The Morgan fingerprint density at radius 1 is 1.32 bits per heavy atom. The molecule has 22 heavy (non-hydrogen) atoms. The van der Waals surface area contributed by atoms with Gasteiger partial charge in [-0.05, 0) is 30.3 Å². The van der Waals surface area contributed by atoms with E-state index in [-0.39, 0.29) is 11.4 Å². The quantitative estimate of drug-likeness (QED) is 0.590. The molecule has 1 N–H and O–H groups in total. The van der Waals surface area contributed by atoms with Gasteiger partial charge in [0, 0.05) is 11.6 Å². The molecular weight excluding hydrogens is 284 g/mol. The van der Waals surface area contributed by atoms with Gasteiger partial charge in [-0.3, -0.25) is 10.1 Å². The lowest BCUT2D eigenvalue weighted by atomic mass is 10.2. The Kier molecular flexibility index (Phi) is 3.20. The molecule has 1 heterocycles. The Bertz CT molecular complexity index is 924. The van der Waals surface area contributed by atoms with Crippen LogP contribution in [0.5, 0.6) is 5.75 Å². The highest BCUT2D eigenvalue weighted by molar-refractivity contribution is 5.81. The summed E-state index contributed by atoms with van der Waals surface area (Å²) in [6.45, 7) is 0. The molecule has 0 amide bonds. The first-order valence-electron chi connectivity index (χ1n) is 6.35. The number of rotatable bonds is 3. The van der Waals surface area contributed by atoms with Crippen LogP contribution < -0.4 is 4.74 Å². The van der Waals surface area contributed by atoms with Crippen molar-refractivity contribution in [3.05, 3.63) is 52.1 Å². The first-order chi connectivity index (χ1) is 10.6. The number of fused-ring (bicyclic) bond motifs is 1. The summed E-state index contributed by atoms with van der Waals surface area (Å²) in [5, 5.41) is 20.0. The van der Waals surface area contributed by atoms with Crippen LogP contribution in [0, 0.1) is 21.4 Å². The van der Waals surface area contributed by atoms with Gasteiger partial charge in [-0.2, -0.15) is 5.26 Å². The van der Waals surface area contributed by atoms with Crippen molar-refractivity contribution < 1.29 is 9.66 Å². The predicted octanol–water partition coefficient (Wildman–Crippen LogP) is 3.02. The molecule has 0 aliphatic heterocycles. The number of methoxy groups -OCH3 is 1. The average molecular weight is 294 g/mol. The van der Waals surface area contributed by atoms with Crippen molar-refractivity contribution in [3.8, 4) is 23.2 Å². The Labute approximate surface area is 124 Å². The Balaban J connectivity index is 2.13. The molecule has 0 aliphatic rings. The number of aromatic nitrogens is 2. The van der Waals surface area contributed by atoms with Crippen LogP contribution in [0.4, 0.5) is 5.69 Å². The van der Waals surface area contributed by atoms with Gasteiger partial charge in [-0.15, -0.1) is 0 Å². The van der Waals surface area contributed by atoms with E-state index in [0.29, 0.717) is 28.0 Å². The number of imidazole rings is 1. The molecule has 0 radical (unpaired) electrons. The van der Waals surface area contributed by atoms with Gasteiger partial charge < -0.3 is 9.72 Å². The van der Waals surface area contributed by atoms with Crippen molar-refractivity contribution in [2.75, 3.05) is 7.11 Å². The highest BCUT2D eigenvalue weighted by atomic mass is 16.6. The first kappa shape index (κ1) is 13.6. The van der Waals surface area contributed by atoms with E-state index in [1.54, 1.807) is 24.3 Å². The Morgan fingerprint density at radius 2 is 2.14 bits per heavy atom. The summed E-state index contributed by atoms with van der Waals surface area (Å²) >= 11 is 0. The fraction of sp³-hybridized carbons (Fsp3) is 0.0667. The minimum Gasteiger partial charge on any atom is -0.490 e. The number of hydrogen-bond donors (Lipinski definition) is 1. The third-order valence-electron chi connectivity index (χ3n) is 3.26. The number of nitro groups is 1. The highest BCUT2D eigenvalue weighted by Crippen LogP contribution is 2.31. The van der Waals surface area contributed by atoms with Crippen molar-refractivity contribution in [1.29, 1.82) is 5.26 Å². The van der Waals surface area contributed by atoms with Gasteiger partial charge in [0.2, 0.25) is 0 Å². The van der Waals surface area contributed by atoms with Gasteiger partial charge in [-0.1, -0.05) is 0 Å². The summed E-state index contributed by atoms with van der Waals surface area (Å²) in [6.07, 6.45) is 0. The number of nitriles is 1. The lowest BCUT2D eigenvalue weighted by molar-refractivity contribution is -0.385. The van der Waals surface area contributed by atoms with Crippen molar-refractivity contribution in [2.24, 2.45) is 0 Å². The number of H-pyrrole nitrogens is 1. The van der Waals surface area contributed by atoms with E-state index in [1.807, 2.05) is 0 Å². The Hall–Kier alpha value is -3.40. The first-order valence-corrected chi connectivity index (χ1v) is 6.35. The molecule has 3 rings (SSSR count). The van der Waals surface area contributed by atoms with Crippen molar-refractivity contribution in [2.45, 2.75) is 0 Å². The van der Waals surface area contributed by atoms with E-state index in [9.17, 15) is 10.1 Å². The SMILES string of the molecule is COc1ccc(-c2nc3ccc(C#N)cc3[nH]2)cc1[N+](=O)[O-]. The van der Waals surface area contributed by atoms with Gasteiger partial charge in [0.1, 0.15) is 5.82 Å². The van der Waals surface area contributed by atoms with Crippen LogP contribution in [-0.2, 0) is 0 Å². The highest BCUT2D eigenvalue weighted by Gasteiger charge is 2.17. The number of nitro benzene ring substituents is 1. The molecule has 2 aromatic carbocycles. The zero-order valence-electron chi connectivity index (χ0n) is 11.5. The van der Waals surface area contributed by atoms with Gasteiger partial charge >= 0.3 is 5.69 Å². The fourth-order valence-corrected chi connectivity index (χ4v) is 2.20. The van der Waals surface area contributed by atoms with Crippen LogP contribution in [0.3, 0.4) is 0 Å². The molecule has 0 atom stereocenters. The van der Waals surface area contributed by atoms with Crippen LogP contribution in [-0.4, -0.2) is 22.0 Å². The van der Waals surface area contributed by atoms with E-state index in [0.717, 1.165) is 0 Å². The van der Waals surface area contributed by atoms with Gasteiger partial charge in [0.05, 0.1) is 34.7 Å². The van der Waals surface area contributed by atoms with E-state index in [4.69, 9.17) is 10.00 Å². The van der Waals surface area contributed by atoms with Crippen LogP contribution in [0.15, 0.2) is 36.4 Å². The number of hydrogen-bond acceptors (Lipinski definition) is 5. The van der Waals surface area contributed by atoms with Crippen molar-refractivity contribution in [1.82, 2.24) is 9.97 Å². The number of nitrogens with one attached hydrogen (secondary N) is 1. The second kappa shape index (κ2) is 5.18. The molecule has 1 aromatic heterocycles. The molecule has 0 spiro atoms. The zero-order chi connectivity index (χ0) is 15.7. The molecule has 7 nitrogen and oxygen atoms in total. The fourth-order valence-electron chi connectivity index (χ4n) is 2.20. The standard InChI is InChI=1S/C15H10N4O3/c1-22-14-5-3-10(7-13(14)19(20)21)15-17-11-4-2-9(8-16)6-12(11)18-15/h2-7H,1H3,(H,17,18). The van der Waals surface area contributed by atoms with E-state index in [1.165, 1.54) is 19.2 Å². The van der Waals surface area contributed by atoms with Crippen LogP contribution >= 0.6 is 0 Å². The number of nitrogens with zero attached hydrogens (tertiary/aromatic N) is 3. The third-order valence-corrected chi connectivity index (χ3v) is 3.26. The van der Waals surface area contributed by atoms with Gasteiger partial charge in [-0.25, -0.2) is 4.98 Å². The number of aromatic amines is 1. The summed E-state index contributed by atoms with van der Waals surface area (Å²) in [5.41, 5.74) is 2.35. The van der Waals surface area contributed by atoms with E-state index >= 15 is 0 Å².